The highest BCUT2D eigenvalue weighted by atomic mass is 79.9. The Labute approximate surface area is 151 Å². The fourth-order valence-corrected chi connectivity index (χ4v) is 4.56. The average molecular weight is 404 g/mol. The van der Waals surface area contributed by atoms with Gasteiger partial charge in [-0.25, -0.2) is 4.68 Å². The summed E-state index contributed by atoms with van der Waals surface area (Å²) in [5.41, 5.74) is 3.31. The molecule has 0 spiro atoms. The van der Waals surface area contributed by atoms with Crippen LogP contribution in [0.1, 0.15) is 5.56 Å². The maximum Gasteiger partial charge on any atom is 0.163 e. The van der Waals surface area contributed by atoms with Crippen molar-refractivity contribution >= 4 is 33.1 Å². The Balaban J connectivity index is 1.64. The molecule has 2 aliphatic rings. The summed E-state index contributed by atoms with van der Waals surface area (Å²) in [4.78, 5) is 1.18. The molecule has 7 heteroatoms. The molecule has 122 valence electrons. The lowest BCUT2D eigenvalue weighted by Crippen LogP contribution is -2.15. The lowest BCUT2D eigenvalue weighted by molar-refractivity contribution is 0.171. The molecule has 24 heavy (non-hydrogen) atoms. The van der Waals surface area contributed by atoms with Crippen LogP contribution in [-0.2, 0) is 6.42 Å². The Bertz CT molecular complexity index is 934. The Morgan fingerprint density at radius 2 is 2.00 bits per heavy atom. The highest BCUT2D eigenvalue weighted by Gasteiger charge is 2.25. The van der Waals surface area contributed by atoms with Crippen molar-refractivity contribution in [2.24, 2.45) is 0 Å². The van der Waals surface area contributed by atoms with E-state index in [0.717, 1.165) is 45.5 Å². The van der Waals surface area contributed by atoms with Gasteiger partial charge in [0.05, 0.1) is 14.4 Å². The lowest BCUT2D eigenvalue weighted by atomic mass is 10.2. The molecule has 3 aromatic rings. The van der Waals surface area contributed by atoms with Crippen LogP contribution in [0, 0.1) is 0 Å². The van der Waals surface area contributed by atoms with Crippen LogP contribution >= 0.6 is 27.3 Å². The predicted molar refractivity (Wildman–Crippen MR) is 97.8 cm³/mol. The molecule has 5 rings (SSSR count). The van der Waals surface area contributed by atoms with E-state index in [0.29, 0.717) is 13.2 Å². The molecule has 0 bridgehead atoms. The number of fused-ring (bicyclic) bond motifs is 2. The van der Waals surface area contributed by atoms with Gasteiger partial charge in [0.2, 0.25) is 0 Å². The van der Waals surface area contributed by atoms with Gasteiger partial charge in [-0.05, 0) is 46.6 Å². The first kappa shape index (κ1) is 14.4. The van der Waals surface area contributed by atoms with Crippen molar-refractivity contribution in [3.63, 3.8) is 0 Å². The first-order chi connectivity index (χ1) is 11.8. The molecule has 0 saturated carbocycles. The number of hydrogen-bond acceptors (Lipinski definition) is 5. The molecule has 0 aliphatic carbocycles. The molecule has 1 N–H and O–H groups in total. The second-order valence-corrected chi connectivity index (χ2v) is 8.16. The summed E-state index contributed by atoms with van der Waals surface area (Å²) in [6.07, 6.45) is 0.991. The van der Waals surface area contributed by atoms with E-state index in [4.69, 9.17) is 14.6 Å². The number of nitrogens with zero attached hydrogens (tertiary/aromatic N) is 2. The van der Waals surface area contributed by atoms with Crippen molar-refractivity contribution in [1.29, 1.82) is 0 Å². The summed E-state index contributed by atoms with van der Waals surface area (Å²) in [6, 6.07) is 10.2. The normalized spacial score (nSPS) is 15.2. The third-order valence-electron chi connectivity index (χ3n) is 4.23. The van der Waals surface area contributed by atoms with E-state index >= 15 is 0 Å². The summed E-state index contributed by atoms with van der Waals surface area (Å²) >= 11 is 5.25. The van der Waals surface area contributed by atoms with Gasteiger partial charge in [-0.15, -0.1) is 11.3 Å². The maximum absolute atomic E-state index is 5.71. The Kier molecular flexibility index (Phi) is 3.31. The van der Waals surface area contributed by atoms with Crippen molar-refractivity contribution in [2.75, 3.05) is 25.1 Å². The molecule has 5 nitrogen and oxygen atoms in total. The molecule has 1 aromatic carbocycles. The predicted octanol–water partition coefficient (Wildman–Crippen LogP) is 4.10. The van der Waals surface area contributed by atoms with Crippen LogP contribution < -0.4 is 14.8 Å². The third-order valence-corrected chi connectivity index (χ3v) is 5.86. The second kappa shape index (κ2) is 5.53. The van der Waals surface area contributed by atoms with Crippen molar-refractivity contribution in [1.82, 2.24) is 9.78 Å². The molecule has 0 radical (unpaired) electrons. The largest absolute Gasteiger partial charge is 0.486 e. The molecular formula is C17H14BrN3O2S. The molecule has 2 aromatic heterocycles. The van der Waals surface area contributed by atoms with Gasteiger partial charge in [-0.2, -0.15) is 5.10 Å². The smallest absolute Gasteiger partial charge is 0.163 e. The van der Waals surface area contributed by atoms with Crippen molar-refractivity contribution in [3.8, 4) is 27.8 Å². The summed E-state index contributed by atoms with van der Waals surface area (Å²) < 4.78 is 14.4. The van der Waals surface area contributed by atoms with E-state index in [9.17, 15) is 0 Å². The van der Waals surface area contributed by atoms with Crippen LogP contribution in [0.2, 0.25) is 0 Å². The number of hydrogen-bond donors (Lipinski definition) is 1. The number of nitrogens with one attached hydrogen (secondary N) is 1. The van der Waals surface area contributed by atoms with E-state index < -0.39 is 0 Å². The zero-order valence-electron chi connectivity index (χ0n) is 12.7. The maximum atomic E-state index is 5.71. The number of anilines is 1. The molecule has 0 amide bonds. The molecule has 0 atom stereocenters. The fourth-order valence-electron chi connectivity index (χ4n) is 3.16. The van der Waals surface area contributed by atoms with Crippen LogP contribution in [0.5, 0.6) is 11.5 Å². The number of ether oxygens (including phenoxy) is 2. The Hall–Kier alpha value is -1.99. The fraction of sp³-hybridized carbons (Fsp3) is 0.235. The van der Waals surface area contributed by atoms with Crippen molar-refractivity contribution in [3.05, 3.63) is 39.7 Å². The number of aromatic nitrogens is 2. The number of thiophene rings is 1. The SMILES string of the molecule is Brc1ccc(-c2nn(-c3ccc4c(c3)OCCO4)c3c2CCN3)s1. The quantitative estimate of drug-likeness (QED) is 0.699. The minimum atomic E-state index is 0.584. The minimum absolute atomic E-state index is 0.584. The first-order valence-corrected chi connectivity index (χ1v) is 9.42. The van der Waals surface area contributed by atoms with Crippen molar-refractivity contribution < 1.29 is 9.47 Å². The van der Waals surface area contributed by atoms with Gasteiger partial charge in [-0.1, -0.05) is 0 Å². The van der Waals surface area contributed by atoms with E-state index in [1.54, 1.807) is 11.3 Å². The van der Waals surface area contributed by atoms with Crippen LogP contribution in [0.4, 0.5) is 5.82 Å². The van der Waals surface area contributed by atoms with E-state index in [2.05, 4.69) is 33.4 Å². The van der Waals surface area contributed by atoms with Gasteiger partial charge < -0.3 is 14.8 Å². The van der Waals surface area contributed by atoms with Gasteiger partial charge in [0, 0.05) is 18.2 Å². The number of halogens is 1. The molecule has 0 unspecified atom stereocenters. The van der Waals surface area contributed by atoms with Gasteiger partial charge in [0.1, 0.15) is 24.7 Å². The molecule has 0 fully saturated rings. The molecule has 2 aliphatic heterocycles. The Morgan fingerprint density at radius 3 is 2.83 bits per heavy atom. The number of benzene rings is 1. The zero-order valence-corrected chi connectivity index (χ0v) is 15.1. The van der Waals surface area contributed by atoms with Crippen LogP contribution in [0.15, 0.2) is 34.1 Å². The summed E-state index contributed by atoms with van der Waals surface area (Å²) in [5, 5.41) is 8.35. The Morgan fingerprint density at radius 1 is 1.12 bits per heavy atom. The third kappa shape index (κ3) is 2.22. The average Bonchev–Trinajstić information content (AvgIpc) is 3.30. The summed E-state index contributed by atoms with van der Waals surface area (Å²) in [6.45, 7) is 2.13. The van der Waals surface area contributed by atoms with Gasteiger partial charge in [0.15, 0.2) is 11.5 Å². The minimum Gasteiger partial charge on any atom is -0.486 e. The van der Waals surface area contributed by atoms with Crippen molar-refractivity contribution in [2.45, 2.75) is 6.42 Å². The van der Waals surface area contributed by atoms with Crippen LogP contribution in [0.3, 0.4) is 0 Å². The van der Waals surface area contributed by atoms with E-state index in [1.165, 1.54) is 10.4 Å². The van der Waals surface area contributed by atoms with E-state index in [1.807, 2.05) is 22.9 Å². The number of rotatable bonds is 2. The van der Waals surface area contributed by atoms with Gasteiger partial charge in [-0.3, -0.25) is 0 Å². The molecular weight excluding hydrogens is 390 g/mol. The topological polar surface area (TPSA) is 48.3 Å². The summed E-state index contributed by atoms with van der Waals surface area (Å²) in [7, 11) is 0. The van der Waals surface area contributed by atoms with Gasteiger partial charge in [0.25, 0.3) is 0 Å². The monoisotopic (exact) mass is 403 g/mol. The van der Waals surface area contributed by atoms with E-state index in [-0.39, 0.29) is 0 Å². The van der Waals surface area contributed by atoms with Gasteiger partial charge >= 0.3 is 0 Å². The van der Waals surface area contributed by atoms with Crippen LogP contribution in [0.25, 0.3) is 16.3 Å². The highest BCUT2D eigenvalue weighted by Crippen LogP contribution is 2.40. The highest BCUT2D eigenvalue weighted by molar-refractivity contribution is 9.11. The lowest BCUT2D eigenvalue weighted by Gasteiger charge is -2.19. The van der Waals surface area contributed by atoms with Crippen LogP contribution in [-0.4, -0.2) is 29.5 Å². The zero-order chi connectivity index (χ0) is 16.1. The molecule has 0 saturated heterocycles. The second-order valence-electron chi connectivity index (χ2n) is 5.70. The molecule has 4 heterocycles. The standard InChI is InChI=1S/C17H14BrN3O2S/c18-15-4-3-14(24-15)16-11-5-6-19-17(11)21(20-16)10-1-2-12-13(9-10)23-8-7-22-12/h1-4,9,19H,5-8H2. The first-order valence-electron chi connectivity index (χ1n) is 7.81. The summed E-state index contributed by atoms with van der Waals surface area (Å²) in [5.74, 6) is 2.65.